The minimum Gasteiger partial charge on any atom is -0.444 e. The summed E-state index contributed by atoms with van der Waals surface area (Å²) in [6.45, 7) is 7.46. The predicted octanol–water partition coefficient (Wildman–Crippen LogP) is 2.79. The average Bonchev–Trinajstić information content (AvgIpc) is 3.07. The van der Waals surface area contributed by atoms with Crippen molar-refractivity contribution in [1.82, 2.24) is 20.0 Å². The monoisotopic (exact) mass is 443 g/mol. The Morgan fingerprint density at radius 1 is 1.28 bits per heavy atom. The first kappa shape index (κ1) is 23.6. The van der Waals surface area contributed by atoms with E-state index in [0.717, 1.165) is 29.6 Å². The number of benzene rings is 1. The van der Waals surface area contributed by atoms with Gasteiger partial charge in [0.05, 0.1) is 5.52 Å². The zero-order valence-electron chi connectivity index (χ0n) is 19.6. The quantitative estimate of drug-likeness (QED) is 0.690. The second kappa shape index (κ2) is 9.58. The first-order valence-corrected chi connectivity index (χ1v) is 11.0. The molecule has 1 aromatic carbocycles. The summed E-state index contributed by atoms with van der Waals surface area (Å²) in [6.07, 6.45) is 2.15. The van der Waals surface area contributed by atoms with E-state index in [0.29, 0.717) is 32.0 Å². The van der Waals surface area contributed by atoms with Gasteiger partial charge in [0.15, 0.2) is 5.82 Å². The van der Waals surface area contributed by atoms with Crippen molar-refractivity contribution in [1.29, 1.82) is 0 Å². The van der Waals surface area contributed by atoms with Crippen LogP contribution in [0.4, 0.5) is 10.6 Å². The summed E-state index contributed by atoms with van der Waals surface area (Å²) in [5.74, 6) is 0.862. The van der Waals surface area contributed by atoms with Gasteiger partial charge < -0.3 is 14.5 Å². The molecule has 9 heteroatoms. The van der Waals surface area contributed by atoms with Crippen LogP contribution in [-0.2, 0) is 21.4 Å². The number of rotatable bonds is 6. The Morgan fingerprint density at radius 3 is 2.59 bits per heavy atom. The maximum Gasteiger partial charge on any atom is 0.410 e. The van der Waals surface area contributed by atoms with Crippen LogP contribution in [0.15, 0.2) is 18.2 Å². The lowest BCUT2D eigenvalue weighted by atomic mass is 9.89. The van der Waals surface area contributed by atoms with Crippen molar-refractivity contribution in [2.24, 2.45) is 7.05 Å². The van der Waals surface area contributed by atoms with Crippen molar-refractivity contribution < 1.29 is 19.1 Å². The number of anilines is 1. The molecule has 0 radical (unpaired) electrons. The fourth-order valence-electron chi connectivity index (χ4n) is 4.03. The summed E-state index contributed by atoms with van der Waals surface area (Å²) in [5.41, 5.74) is 1.78. The Kier molecular flexibility index (Phi) is 7.06. The SMILES string of the molecule is CN(CCC(=O)NC=O)c1nn(C)c2cc(C3CCN(C(=O)OC(C)(C)C)CC3)ccc12. The molecule has 0 saturated carbocycles. The zero-order valence-corrected chi connectivity index (χ0v) is 19.6. The Morgan fingerprint density at radius 2 is 1.97 bits per heavy atom. The molecular formula is C23H33N5O4. The van der Waals surface area contributed by atoms with E-state index in [1.54, 1.807) is 4.90 Å². The second-order valence-corrected chi connectivity index (χ2v) is 9.32. The van der Waals surface area contributed by atoms with E-state index in [1.165, 1.54) is 5.56 Å². The van der Waals surface area contributed by atoms with Crippen molar-refractivity contribution in [3.63, 3.8) is 0 Å². The first-order valence-electron chi connectivity index (χ1n) is 11.0. The molecule has 1 fully saturated rings. The minimum atomic E-state index is -0.484. The third-order valence-electron chi connectivity index (χ3n) is 5.73. The van der Waals surface area contributed by atoms with Crippen LogP contribution in [0, 0.1) is 0 Å². The van der Waals surface area contributed by atoms with E-state index in [4.69, 9.17) is 4.74 Å². The van der Waals surface area contributed by atoms with Gasteiger partial charge >= 0.3 is 6.09 Å². The first-order chi connectivity index (χ1) is 15.1. The number of hydrogen-bond donors (Lipinski definition) is 1. The summed E-state index contributed by atoms with van der Waals surface area (Å²) < 4.78 is 7.35. The van der Waals surface area contributed by atoms with Crippen LogP contribution in [0.25, 0.3) is 10.9 Å². The van der Waals surface area contributed by atoms with E-state index in [2.05, 4.69) is 28.6 Å². The van der Waals surface area contributed by atoms with Gasteiger partial charge in [-0.25, -0.2) is 4.79 Å². The number of nitrogens with one attached hydrogen (secondary N) is 1. The Hall–Kier alpha value is -3.10. The molecule has 1 N–H and O–H groups in total. The molecule has 0 spiro atoms. The van der Waals surface area contributed by atoms with Gasteiger partial charge in [-0.05, 0) is 57.2 Å². The number of ether oxygens (including phenoxy) is 1. The number of carbonyl (C=O) groups excluding carboxylic acids is 3. The third-order valence-corrected chi connectivity index (χ3v) is 5.73. The van der Waals surface area contributed by atoms with Gasteiger partial charge in [-0.1, -0.05) is 6.07 Å². The van der Waals surface area contributed by atoms with E-state index in [-0.39, 0.29) is 18.4 Å². The molecule has 1 saturated heterocycles. The Bertz CT molecular complexity index is 986. The van der Waals surface area contributed by atoms with Crippen LogP contribution in [-0.4, -0.2) is 65.4 Å². The fourth-order valence-corrected chi connectivity index (χ4v) is 4.03. The highest BCUT2D eigenvalue weighted by Crippen LogP contribution is 2.33. The molecule has 0 atom stereocenters. The van der Waals surface area contributed by atoms with Gasteiger partial charge in [0, 0.05) is 45.5 Å². The molecule has 2 aromatic rings. The highest BCUT2D eigenvalue weighted by Gasteiger charge is 2.28. The van der Waals surface area contributed by atoms with Gasteiger partial charge in [0.25, 0.3) is 0 Å². The third kappa shape index (κ3) is 5.57. The maximum atomic E-state index is 12.3. The molecule has 32 heavy (non-hydrogen) atoms. The number of aromatic nitrogens is 2. The molecule has 1 aliphatic heterocycles. The lowest BCUT2D eigenvalue weighted by molar-refractivity contribution is -0.125. The number of likely N-dealkylation sites (tertiary alicyclic amines) is 1. The number of imide groups is 1. The van der Waals surface area contributed by atoms with E-state index >= 15 is 0 Å². The zero-order chi connectivity index (χ0) is 23.5. The van der Waals surface area contributed by atoms with Crippen LogP contribution in [0.5, 0.6) is 0 Å². The summed E-state index contributed by atoms with van der Waals surface area (Å²) in [5, 5.41) is 7.81. The average molecular weight is 444 g/mol. The molecule has 174 valence electrons. The van der Waals surface area contributed by atoms with Gasteiger partial charge in [0.1, 0.15) is 5.60 Å². The van der Waals surface area contributed by atoms with E-state index in [9.17, 15) is 14.4 Å². The molecule has 9 nitrogen and oxygen atoms in total. The van der Waals surface area contributed by atoms with Crippen LogP contribution in [0.1, 0.15) is 51.5 Å². The normalized spacial score (nSPS) is 15.0. The number of amides is 3. The number of aryl methyl sites for hydroxylation is 1. The van der Waals surface area contributed by atoms with E-state index < -0.39 is 5.60 Å². The summed E-state index contributed by atoms with van der Waals surface area (Å²) in [6, 6.07) is 6.38. The molecule has 3 rings (SSSR count). The van der Waals surface area contributed by atoms with Crippen LogP contribution in [0.2, 0.25) is 0 Å². The van der Waals surface area contributed by atoms with E-state index in [1.807, 2.05) is 44.4 Å². The molecule has 0 unspecified atom stereocenters. The number of piperidine rings is 1. The van der Waals surface area contributed by atoms with Gasteiger partial charge in [-0.2, -0.15) is 5.10 Å². The van der Waals surface area contributed by atoms with Gasteiger partial charge in [-0.3, -0.25) is 19.6 Å². The topological polar surface area (TPSA) is 96.8 Å². The number of fused-ring (bicyclic) bond motifs is 1. The molecule has 3 amide bonds. The Labute approximate surface area is 188 Å². The summed E-state index contributed by atoms with van der Waals surface area (Å²) >= 11 is 0. The van der Waals surface area contributed by atoms with Crippen LogP contribution in [0.3, 0.4) is 0 Å². The van der Waals surface area contributed by atoms with Crippen molar-refractivity contribution in [3.8, 4) is 0 Å². The van der Waals surface area contributed by atoms with Gasteiger partial charge in [0.2, 0.25) is 12.3 Å². The highest BCUT2D eigenvalue weighted by atomic mass is 16.6. The lowest BCUT2D eigenvalue weighted by Crippen LogP contribution is -2.41. The van der Waals surface area contributed by atoms with Crippen LogP contribution < -0.4 is 10.2 Å². The summed E-state index contributed by atoms with van der Waals surface area (Å²) in [4.78, 5) is 38.0. The van der Waals surface area contributed by atoms with Crippen LogP contribution >= 0.6 is 0 Å². The van der Waals surface area contributed by atoms with Gasteiger partial charge in [-0.15, -0.1) is 0 Å². The van der Waals surface area contributed by atoms with Crippen molar-refractivity contribution in [2.45, 2.75) is 51.6 Å². The molecule has 1 aliphatic rings. The lowest BCUT2D eigenvalue weighted by Gasteiger charge is -2.33. The fraction of sp³-hybridized carbons (Fsp3) is 0.565. The molecule has 2 heterocycles. The predicted molar refractivity (Wildman–Crippen MR) is 123 cm³/mol. The number of hydrogen-bond acceptors (Lipinski definition) is 6. The standard InChI is InChI=1S/C23H33N5O4/c1-23(2,3)32-22(31)28-12-8-16(9-13-28)17-6-7-18-19(14-17)27(5)25-21(18)26(4)11-10-20(30)24-15-29/h6-7,14-16H,8-13H2,1-5H3,(H,24,29,30). The molecule has 0 bridgehead atoms. The van der Waals surface area contributed by atoms with Crippen molar-refractivity contribution in [2.75, 3.05) is 31.6 Å². The molecule has 0 aliphatic carbocycles. The van der Waals surface area contributed by atoms with Crippen molar-refractivity contribution >= 4 is 35.1 Å². The Balaban J connectivity index is 1.68. The number of nitrogens with zero attached hydrogens (tertiary/aromatic N) is 4. The minimum absolute atomic E-state index is 0.210. The number of carbonyl (C=O) groups is 3. The summed E-state index contributed by atoms with van der Waals surface area (Å²) in [7, 11) is 3.80. The second-order valence-electron chi connectivity index (χ2n) is 9.32. The maximum absolute atomic E-state index is 12.3. The molecular weight excluding hydrogens is 410 g/mol. The highest BCUT2D eigenvalue weighted by molar-refractivity contribution is 5.91. The smallest absolute Gasteiger partial charge is 0.410 e. The largest absolute Gasteiger partial charge is 0.444 e. The van der Waals surface area contributed by atoms with Crippen molar-refractivity contribution in [3.05, 3.63) is 23.8 Å². The molecule has 1 aromatic heterocycles.